The molecule has 2 aromatic carbocycles. The number of para-hydroxylation sites is 1. The van der Waals surface area contributed by atoms with Gasteiger partial charge in [0.05, 0.1) is 0 Å². The molecule has 1 saturated heterocycles. The first-order valence-electron chi connectivity index (χ1n) is 9.64. The standard InChI is InChI=1S/C22H21N3O3/c1-14-12-16-7-3-5-9-18(16)25(14)19(26)13-24-20(27)22(23-21(24)28)11-10-15-6-2-4-8-17(15)22/h2-9,14H,10-13H2,1H3,(H,23,28)/t14-,22-/m0/s1. The van der Waals surface area contributed by atoms with Crippen LogP contribution in [0, 0.1) is 0 Å². The number of benzene rings is 2. The molecule has 0 bridgehead atoms. The van der Waals surface area contributed by atoms with Crippen molar-refractivity contribution in [2.75, 3.05) is 11.4 Å². The van der Waals surface area contributed by atoms with E-state index in [9.17, 15) is 14.4 Å². The second-order valence-electron chi connectivity index (χ2n) is 7.83. The highest BCUT2D eigenvalue weighted by Gasteiger charge is 2.55. The third kappa shape index (κ3) is 2.24. The Kier molecular flexibility index (Phi) is 3.59. The van der Waals surface area contributed by atoms with Crippen LogP contribution in [0.15, 0.2) is 48.5 Å². The van der Waals surface area contributed by atoms with Gasteiger partial charge >= 0.3 is 6.03 Å². The number of nitrogens with one attached hydrogen (secondary N) is 1. The molecule has 1 N–H and O–H groups in total. The third-order valence-corrected chi connectivity index (χ3v) is 6.19. The minimum absolute atomic E-state index is 0.00633. The molecular formula is C22H21N3O3. The maximum Gasteiger partial charge on any atom is 0.325 e. The molecule has 2 atom stereocenters. The van der Waals surface area contributed by atoms with E-state index in [1.165, 1.54) is 0 Å². The third-order valence-electron chi connectivity index (χ3n) is 6.19. The van der Waals surface area contributed by atoms with Crippen molar-refractivity contribution in [2.45, 2.75) is 37.8 Å². The average Bonchev–Trinajstić information content (AvgIpc) is 3.30. The van der Waals surface area contributed by atoms with E-state index >= 15 is 0 Å². The van der Waals surface area contributed by atoms with Gasteiger partial charge in [-0.25, -0.2) is 4.79 Å². The molecule has 2 heterocycles. The summed E-state index contributed by atoms with van der Waals surface area (Å²) in [5.74, 6) is -0.555. The summed E-state index contributed by atoms with van der Waals surface area (Å²) in [4.78, 5) is 41.8. The number of urea groups is 1. The van der Waals surface area contributed by atoms with E-state index in [1.54, 1.807) is 4.90 Å². The van der Waals surface area contributed by atoms with Crippen molar-refractivity contribution in [1.82, 2.24) is 10.2 Å². The fraction of sp³-hybridized carbons (Fsp3) is 0.318. The van der Waals surface area contributed by atoms with Crippen molar-refractivity contribution in [3.63, 3.8) is 0 Å². The number of anilines is 1. The largest absolute Gasteiger partial charge is 0.325 e. The quantitative estimate of drug-likeness (QED) is 0.820. The first-order chi connectivity index (χ1) is 13.5. The van der Waals surface area contributed by atoms with Gasteiger partial charge in [-0.3, -0.25) is 14.5 Å². The van der Waals surface area contributed by atoms with Crippen molar-refractivity contribution < 1.29 is 14.4 Å². The highest BCUT2D eigenvalue weighted by molar-refractivity contribution is 6.11. The van der Waals surface area contributed by atoms with Gasteiger partial charge in [-0.15, -0.1) is 0 Å². The van der Waals surface area contributed by atoms with E-state index < -0.39 is 11.6 Å². The lowest BCUT2D eigenvalue weighted by molar-refractivity contribution is -0.134. The maximum absolute atomic E-state index is 13.3. The van der Waals surface area contributed by atoms with Crippen LogP contribution >= 0.6 is 0 Å². The number of hydrogen-bond acceptors (Lipinski definition) is 3. The minimum Gasteiger partial charge on any atom is -0.319 e. The second kappa shape index (κ2) is 5.92. The normalized spacial score (nSPS) is 25.2. The van der Waals surface area contributed by atoms with E-state index in [1.807, 2.05) is 55.5 Å². The molecule has 3 aliphatic rings. The summed E-state index contributed by atoms with van der Waals surface area (Å²) in [6.07, 6.45) is 2.05. The molecule has 142 valence electrons. The second-order valence-corrected chi connectivity index (χ2v) is 7.83. The van der Waals surface area contributed by atoms with Crippen LogP contribution in [-0.4, -0.2) is 35.3 Å². The Morgan fingerprint density at radius 3 is 2.64 bits per heavy atom. The molecule has 2 aliphatic heterocycles. The first kappa shape index (κ1) is 17.0. The van der Waals surface area contributed by atoms with E-state index in [4.69, 9.17) is 0 Å². The van der Waals surface area contributed by atoms with Gasteiger partial charge in [0.2, 0.25) is 5.91 Å². The van der Waals surface area contributed by atoms with Crippen LogP contribution < -0.4 is 10.2 Å². The number of imide groups is 1. The monoisotopic (exact) mass is 375 g/mol. The summed E-state index contributed by atoms with van der Waals surface area (Å²) in [7, 11) is 0. The summed E-state index contributed by atoms with van der Waals surface area (Å²) < 4.78 is 0. The van der Waals surface area contributed by atoms with Crippen LogP contribution in [-0.2, 0) is 28.0 Å². The van der Waals surface area contributed by atoms with Gasteiger partial charge in [0, 0.05) is 11.7 Å². The van der Waals surface area contributed by atoms with Crippen LogP contribution in [0.5, 0.6) is 0 Å². The molecule has 0 unspecified atom stereocenters. The van der Waals surface area contributed by atoms with Crippen molar-refractivity contribution in [3.8, 4) is 0 Å². The Morgan fingerprint density at radius 2 is 1.82 bits per heavy atom. The Hall–Kier alpha value is -3.15. The number of amides is 4. The van der Waals surface area contributed by atoms with Crippen molar-refractivity contribution in [3.05, 3.63) is 65.2 Å². The van der Waals surface area contributed by atoms with E-state index in [0.717, 1.165) is 40.1 Å². The molecule has 1 fully saturated rings. The molecule has 0 aromatic heterocycles. The highest BCUT2D eigenvalue weighted by atomic mass is 16.2. The van der Waals surface area contributed by atoms with E-state index in [0.29, 0.717) is 6.42 Å². The molecule has 0 radical (unpaired) electrons. The molecule has 1 aliphatic carbocycles. The zero-order valence-electron chi connectivity index (χ0n) is 15.6. The summed E-state index contributed by atoms with van der Waals surface area (Å²) in [5.41, 5.74) is 2.88. The smallest absolute Gasteiger partial charge is 0.319 e. The van der Waals surface area contributed by atoms with Crippen molar-refractivity contribution in [2.24, 2.45) is 0 Å². The number of hydrogen-bond donors (Lipinski definition) is 1. The van der Waals surface area contributed by atoms with Gasteiger partial charge < -0.3 is 10.2 Å². The number of nitrogens with zero attached hydrogens (tertiary/aromatic N) is 2. The molecule has 1 spiro atoms. The van der Waals surface area contributed by atoms with Gasteiger partial charge in [0.1, 0.15) is 12.1 Å². The van der Waals surface area contributed by atoms with Crippen molar-refractivity contribution in [1.29, 1.82) is 0 Å². The first-order valence-corrected chi connectivity index (χ1v) is 9.64. The number of aryl methyl sites for hydroxylation is 1. The zero-order chi connectivity index (χ0) is 19.5. The van der Waals surface area contributed by atoms with Crippen LogP contribution in [0.3, 0.4) is 0 Å². The van der Waals surface area contributed by atoms with E-state index in [-0.39, 0.29) is 24.4 Å². The molecular weight excluding hydrogens is 354 g/mol. The Morgan fingerprint density at radius 1 is 1.11 bits per heavy atom. The zero-order valence-corrected chi connectivity index (χ0v) is 15.6. The van der Waals surface area contributed by atoms with E-state index in [2.05, 4.69) is 5.32 Å². The lowest BCUT2D eigenvalue weighted by Gasteiger charge is -2.25. The molecule has 5 rings (SSSR count). The average molecular weight is 375 g/mol. The van der Waals surface area contributed by atoms with Gasteiger partial charge in [0.25, 0.3) is 5.91 Å². The maximum atomic E-state index is 13.3. The minimum atomic E-state index is -1.03. The van der Waals surface area contributed by atoms with Gasteiger partial charge in [-0.05, 0) is 48.9 Å². The Labute approximate surface area is 163 Å². The molecule has 6 heteroatoms. The van der Waals surface area contributed by atoms with Gasteiger partial charge in [-0.2, -0.15) is 0 Å². The van der Waals surface area contributed by atoms with Gasteiger partial charge in [-0.1, -0.05) is 42.5 Å². The number of carbonyl (C=O) groups is 3. The van der Waals surface area contributed by atoms with Crippen LogP contribution in [0.4, 0.5) is 10.5 Å². The Bertz CT molecular complexity index is 1020. The molecule has 28 heavy (non-hydrogen) atoms. The molecule has 4 amide bonds. The number of rotatable bonds is 2. The van der Waals surface area contributed by atoms with Crippen LogP contribution in [0.2, 0.25) is 0 Å². The fourth-order valence-corrected chi connectivity index (χ4v) is 4.89. The molecule has 0 saturated carbocycles. The van der Waals surface area contributed by atoms with Gasteiger partial charge in [0.15, 0.2) is 0 Å². The predicted molar refractivity (Wildman–Crippen MR) is 104 cm³/mol. The molecule has 6 nitrogen and oxygen atoms in total. The summed E-state index contributed by atoms with van der Waals surface area (Å²) in [5, 5.41) is 2.88. The van der Waals surface area contributed by atoms with Crippen LogP contribution in [0.1, 0.15) is 30.0 Å². The Balaban J connectivity index is 1.42. The SMILES string of the molecule is C[C@H]1Cc2ccccc2N1C(=O)CN1C(=O)N[C@]2(CCc3ccccc32)C1=O. The van der Waals surface area contributed by atoms with Crippen molar-refractivity contribution >= 4 is 23.5 Å². The molecule has 2 aromatic rings. The summed E-state index contributed by atoms with van der Waals surface area (Å²) in [6, 6.07) is 15.0. The highest BCUT2D eigenvalue weighted by Crippen LogP contribution is 2.41. The summed E-state index contributed by atoms with van der Waals surface area (Å²) in [6.45, 7) is 1.74. The topological polar surface area (TPSA) is 69.7 Å². The van der Waals surface area contributed by atoms with Crippen LogP contribution in [0.25, 0.3) is 0 Å². The lowest BCUT2D eigenvalue weighted by Crippen LogP contribution is -2.46. The fourth-order valence-electron chi connectivity index (χ4n) is 4.89. The lowest BCUT2D eigenvalue weighted by atomic mass is 9.92. The summed E-state index contributed by atoms with van der Waals surface area (Å²) >= 11 is 0. The number of carbonyl (C=O) groups excluding carboxylic acids is 3. The number of fused-ring (bicyclic) bond motifs is 3. The predicted octanol–water partition coefficient (Wildman–Crippen LogP) is 2.36.